The number of carboxylic acid groups (broad SMARTS) is 1. The van der Waals surface area contributed by atoms with E-state index in [2.05, 4.69) is 120 Å². The van der Waals surface area contributed by atoms with Crippen LogP contribution in [0.3, 0.4) is 0 Å². The largest absolute Gasteiger partial charge is 0.493 e. The molecule has 12 nitrogen and oxygen atoms in total. The number of aromatic nitrogens is 6. The zero-order valence-electron chi connectivity index (χ0n) is 50.6. The summed E-state index contributed by atoms with van der Waals surface area (Å²) >= 11 is 9.45. The van der Waals surface area contributed by atoms with Crippen molar-refractivity contribution in [2.45, 2.75) is 98.6 Å². The van der Waals surface area contributed by atoms with Crippen LogP contribution in [0.4, 0.5) is 0 Å². The van der Waals surface area contributed by atoms with Crippen molar-refractivity contribution in [1.29, 1.82) is 0 Å². The molecule has 1 aliphatic heterocycles. The number of nitrogens with zero attached hydrogens (tertiary/aromatic N) is 6. The summed E-state index contributed by atoms with van der Waals surface area (Å²) in [4.78, 5) is 36.1. The summed E-state index contributed by atoms with van der Waals surface area (Å²) in [6.07, 6.45) is 3.88. The first-order chi connectivity index (χ1) is 41.5. The molecule has 2 atom stereocenters. The first-order valence-electron chi connectivity index (χ1n) is 29.1. The van der Waals surface area contributed by atoms with Crippen LogP contribution in [-0.2, 0) is 39.6 Å². The lowest BCUT2D eigenvalue weighted by molar-refractivity contribution is -0.160. The van der Waals surface area contributed by atoms with Crippen LogP contribution in [0.1, 0.15) is 94.9 Å². The van der Waals surface area contributed by atoms with Gasteiger partial charge in [-0.25, -0.2) is 14.8 Å². The monoisotopic (exact) mass is 1210 g/mol. The smallest absolute Gasteiger partial charge is 0.337 e. The van der Waals surface area contributed by atoms with Gasteiger partial charge in [-0.05, 0) is 198 Å². The van der Waals surface area contributed by atoms with Crippen LogP contribution in [0.5, 0.6) is 5.75 Å². The maximum atomic E-state index is 13.2. The molecule has 0 saturated carbocycles. The number of thiazole rings is 2. The zero-order chi connectivity index (χ0) is 61.2. The Labute approximate surface area is 519 Å². The van der Waals surface area contributed by atoms with Crippen LogP contribution in [-0.4, -0.2) is 64.2 Å². The molecule has 13 rings (SSSR count). The molecule has 0 aliphatic carbocycles. The molecule has 0 unspecified atom stereocenters. The van der Waals surface area contributed by atoms with Crippen LogP contribution in [0.25, 0.3) is 108 Å². The average molecular weight is 1210 g/mol. The molecule has 0 radical (unpaired) electrons. The number of Topliss-reactive ketones (excluding diaryl/α,β-unsaturated/α-hetero) is 1. The third-order valence-electron chi connectivity index (χ3n) is 15.6. The maximum Gasteiger partial charge on any atom is 0.337 e. The maximum absolute atomic E-state index is 13.2. The third kappa shape index (κ3) is 12.1. The Morgan fingerprint density at radius 2 is 1.05 bits per heavy atom. The van der Waals surface area contributed by atoms with Gasteiger partial charge in [-0.1, -0.05) is 78.3 Å². The summed E-state index contributed by atoms with van der Waals surface area (Å²) in [5, 5.41) is 23.7. The van der Waals surface area contributed by atoms with Crippen molar-refractivity contribution in [1.82, 2.24) is 29.5 Å². The van der Waals surface area contributed by atoms with E-state index < -0.39 is 29.4 Å². The second-order valence-electron chi connectivity index (χ2n) is 24.4. The van der Waals surface area contributed by atoms with Gasteiger partial charge in [0.15, 0.2) is 11.9 Å². The van der Waals surface area contributed by atoms with E-state index in [-0.39, 0.29) is 5.78 Å². The quantitative estimate of drug-likeness (QED) is 0.126. The van der Waals surface area contributed by atoms with Crippen molar-refractivity contribution in [3.63, 3.8) is 0 Å². The van der Waals surface area contributed by atoms with Gasteiger partial charge in [0.2, 0.25) is 0 Å². The van der Waals surface area contributed by atoms with E-state index in [9.17, 15) is 14.7 Å². The van der Waals surface area contributed by atoms with Crippen molar-refractivity contribution >= 4 is 88.3 Å². The highest BCUT2D eigenvalue weighted by atomic mass is 35.5. The standard InChI is InChI=1S/C38H37N3O3S.C34H30ClN3O3S/c1-22-17-30-36(45-37(40-30)28-10-7-9-24(18-28)25-12-14-31-29(19-25)21-39-41(31)6)34(33(22)35(23(2)42)44-38(3,4)5)27-13-15-32-26(20-27)11-8-16-43-32;1-19-15-26-31(29(20-9-12-25(35)13-10-20)28(19)30(33(39)40)41-34(2,3)4)42-32(37-26)23-8-6-7-21(16-23)22-11-14-27-24(17-22)18-36-38(27)5/h7,9-10,12-15,17-21,35H,8,11,16H2,1-6H3;6-18,30H,1-5H3,(H,39,40)/t35-;30-/m10/s1. The summed E-state index contributed by atoms with van der Waals surface area (Å²) in [6, 6.07) is 47.7. The molecule has 5 heterocycles. The summed E-state index contributed by atoms with van der Waals surface area (Å²) in [5.41, 5.74) is 17.5. The predicted octanol–water partition coefficient (Wildman–Crippen LogP) is 18.3. The lowest BCUT2D eigenvalue weighted by atomic mass is 9.88. The van der Waals surface area contributed by atoms with E-state index in [0.717, 1.165) is 150 Å². The fraction of sp³-hybridized carbons (Fsp3) is 0.250. The van der Waals surface area contributed by atoms with Crippen molar-refractivity contribution in [3.8, 4) is 71.4 Å². The minimum atomic E-state index is -1.16. The van der Waals surface area contributed by atoms with Gasteiger partial charge >= 0.3 is 5.97 Å². The molecule has 12 aromatic rings. The molecule has 0 saturated heterocycles. The fourth-order valence-corrected chi connectivity index (χ4v) is 14.1. The Balaban J connectivity index is 0.000000170. The number of halogens is 1. The number of carbonyl (C=O) groups is 2. The zero-order valence-corrected chi connectivity index (χ0v) is 53.0. The number of carbonyl (C=O) groups excluding carboxylic acids is 1. The number of ether oxygens (including phenoxy) is 3. The Morgan fingerprint density at radius 1 is 0.586 bits per heavy atom. The van der Waals surface area contributed by atoms with Gasteiger partial charge in [0.1, 0.15) is 21.9 Å². The second-order valence-corrected chi connectivity index (χ2v) is 26.8. The van der Waals surface area contributed by atoms with Crippen LogP contribution in [0.2, 0.25) is 5.02 Å². The number of aryl methyl sites for hydroxylation is 5. The number of aliphatic carboxylic acids is 1. The highest BCUT2D eigenvalue weighted by molar-refractivity contribution is 7.22. The molecule has 1 aliphatic rings. The minimum Gasteiger partial charge on any atom is -0.493 e. The van der Waals surface area contributed by atoms with Gasteiger partial charge in [0, 0.05) is 63.3 Å². The Kier molecular flexibility index (Phi) is 15.9. The lowest BCUT2D eigenvalue weighted by Crippen LogP contribution is -2.28. The molecule has 4 aromatic heterocycles. The van der Waals surface area contributed by atoms with E-state index in [4.69, 9.17) is 35.8 Å². The number of benzene rings is 8. The van der Waals surface area contributed by atoms with Crippen LogP contribution in [0.15, 0.2) is 152 Å². The van der Waals surface area contributed by atoms with Gasteiger partial charge in [-0.2, -0.15) is 10.2 Å². The predicted molar refractivity (Wildman–Crippen MR) is 354 cm³/mol. The van der Waals surface area contributed by atoms with Gasteiger partial charge in [0.25, 0.3) is 0 Å². The number of fused-ring (bicyclic) bond motifs is 5. The number of hydrogen-bond donors (Lipinski definition) is 1. The lowest BCUT2D eigenvalue weighted by Gasteiger charge is -2.29. The molecule has 0 bridgehead atoms. The SMILES string of the molecule is CC(=O)[C@@H](OC(C)(C)C)c1c(C)cc2nc(-c3cccc(-c4ccc5c(cnn5C)c4)c3)sc2c1-c1ccc2c(c1)CCCO2.Cc1cc2nc(-c3cccc(-c4ccc5c(cnn5C)c4)c3)sc2c(-c2ccc(Cl)cc2)c1[C@H](OC(C)(C)C)C(=O)O. The third-order valence-corrected chi connectivity index (χ3v) is 18.2. The Morgan fingerprint density at radius 3 is 1.55 bits per heavy atom. The molecule has 87 heavy (non-hydrogen) atoms. The van der Waals surface area contributed by atoms with Gasteiger partial charge in [-0.3, -0.25) is 14.2 Å². The summed E-state index contributed by atoms with van der Waals surface area (Å²) < 4.78 is 24.3. The number of hydrogen-bond acceptors (Lipinski definition) is 11. The topological polar surface area (TPSA) is 143 Å². The molecule has 0 spiro atoms. The average Bonchev–Trinajstić information content (AvgIpc) is 1.86. The van der Waals surface area contributed by atoms with Crippen molar-refractivity contribution in [2.24, 2.45) is 14.1 Å². The molecular weight excluding hydrogens is 1140 g/mol. The van der Waals surface area contributed by atoms with E-state index in [0.29, 0.717) is 10.6 Å². The number of carboxylic acids is 1. The molecular formula is C72H67ClN6O6S2. The Hall–Kier alpha value is -8.37. The first kappa shape index (κ1) is 59.0. The number of rotatable bonds is 12. The van der Waals surface area contributed by atoms with Crippen LogP contribution < -0.4 is 4.74 Å². The molecule has 1 N–H and O–H groups in total. The molecule has 0 amide bonds. The molecule has 440 valence electrons. The summed E-state index contributed by atoms with van der Waals surface area (Å²) in [5.74, 6) is -0.112. The molecule has 8 aromatic carbocycles. The highest BCUT2D eigenvalue weighted by Gasteiger charge is 2.34. The van der Waals surface area contributed by atoms with Crippen LogP contribution in [0, 0.1) is 13.8 Å². The highest BCUT2D eigenvalue weighted by Crippen LogP contribution is 2.48. The van der Waals surface area contributed by atoms with E-state index >= 15 is 0 Å². The van der Waals surface area contributed by atoms with Crippen molar-refractivity contribution < 1.29 is 28.9 Å². The molecule has 0 fully saturated rings. The second kappa shape index (κ2) is 23.4. The van der Waals surface area contributed by atoms with E-state index in [1.165, 1.54) is 5.56 Å². The van der Waals surface area contributed by atoms with Gasteiger partial charge in [-0.15, -0.1) is 22.7 Å². The van der Waals surface area contributed by atoms with E-state index in [1.54, 1.807) is 29.6 Å². The first-order valence-corrected chi connectivity index (χ1v) is 31.1. The van der Waals surface area contributed by atoms with Gasteiger partial charge < -0.3 is 19.3 Å². The van der Waals surface area contributed by atoms with E-state index in [1.807, 2.05) is 121 Å². The fourth-order valence-electron chi connectivity index (χ4n) is 11.7. The Bertz CT molecular complexity index is 4660. The van der Waals surface area contributed by atoms with Crippen molar-refractivity contribution in [2.75, 3.05) is 6.61 Å². The normalized spacial score (nSPS) is 13.4. The molecule has 15 heteroatoms. The van der Waals surface area contributed by atoms with Gasteiger partial charge in [0.05, 0.1) is 61.7 Å². The van der Waals surface area contributed by atoms with Crippen LogP contribution >= 0.6 is 34.3 Å². The summed E-state index contributed by atoms with van der Waals surface area (Å²) in [6.45, 7) is 17.9. The van der Waals surface area contributed by atoms with Crippen molar-refractivity contribution in [3.05, 3.63) is 185 Å². The number of ketones is 1. The minimum absolute atomic E-state index is 0.0158. The summed E-state index contributed by atoms with van der Waals surface area (Å²) in [7, 11) is 3.90.